The van der Waals surface area contributed by atoms with Gasteiger partial charge in [0.1, 0.15) is 17.4 Å². The standard InChI is InChI=1S/C22H17ClN6O/c1-13-26-20-19(11-24)27-29(18-4-2-3-16(23)10-18)21(20)22(30)28(13)17-6-5-14-7-8-25-12-15(14)9-17/h2-6,9-10,25H,7-8,12H2,1H3. The highest BCUT2D eigenvalue weighted by Gasteiger charge is 2.21. The predicted molar refractivity (Wildman–Crippen MR) is 114 cm³/mol. The Kier molecular flexibility index (Phi) is 4.39. The number of aryl methyl sites for hydroxylation is 1. The van der Waals surface area contributed by atoms with E-state index in [9.17, 15) is 10.1 Å². The van der Waals surface area contributed by atoms with Crippen molar-refractivity contribution in [2.45, 2.75) is 19.9 Å². The van der Waals surface area contributed by atoms with Gasteiger partial charge < -0.3 is 5.32 Å². The van der Waals surface area contributed by atoms with Gasteiger partial charge in [-0.1, -0.05) is 23.7 Å². The van der Waals surface area contributed by atoms with Gasteiger partial charge in [-0.15, -0.1) is 0 Å². The highest BCUT2D eigenvalue weighted by molar-refractivity contribution is 6.30. The molecule has 0 saturated heterocycles. The van der Waals surface area contributed by atoms with E-state index in [1.165, 1.54) is 15.8 Å². The summed E-state index contributed by atoms with van der Waals surface area (Å²) in [4.78, 5) is 18.2. The van der Waals surface area contributed by atoms with E-state index >= 15 is 0 Å². The quantitative estimate of drug-likeness (QED) is 0.542. The first-order valence-corrected chi connectivity index (χ1v) is 9.96. The molecule has 0 radical (unpaired) electrons. The number of nitrogens with zero attached hydrogens (tertiary/aromatic N) is 5. The van der Waals surface area contributed by atoms with E-state index in [0.29, 0.717) is 16.5 Å². The van der Waals surface area contributed by atoms with Crippen molar-refractivity contribution < 1.29 is 0 Å². The zero-order valence-electron chi connectivity index (χ0n) is 16.2. The monoisotopic (exact) mass is 416 g/mol. The van der Waals surface area contributed by atoms with Crippen LogP contribution < -0.4 is 10.9 Å². The van der Waals surface area contributed by atoms with Crippen LogP contribution in [0.15, 0.2) is 47.3 Å². The Morgan fingerprint density at radius 1 is 1.17 bits per heavy atom. The number of aromatic nitrogens is 4. The molecule has 1 aliphatic rings. The summed E-state index contributed by atoms with van der Waals surface area (Å²) < 4.78 is 3.02. The summed E-state index contributed by atoms with van der Waals surface area (Å²) >= 11 is 6.14. The number of fused-ring (bicyclic) bond motifs is 2. The first kappa shape index (κ1) is 18.6. The number of benzene rings is 2. The molecule has 3 heterocycles. The van der Waals surface area contributed by atoms with Crippen LogP contribution in [0.25, 0.3) is 22.4 Å². The van der Waals surface area contributed by atoms with Crippen LogP contribution in [0.5, 0.6) is 0 Å². The van der Waals surface area contributed by atoms with Crippen LogP contribution in [0.4, 0.5) is 0 Å². The first-order valence-electron chi connectivity index (χ1n) is 9.58. The average molecular weight is 417 g/mol. The molecular weight excluding hydrogens is 400 g/mol. The summed E-state index contributed by atoms with van der Waals surface area (Å²) in [6.45, 7) is 3.48. The number of hydrogen-bond donors (Lipinski definition) is 1. The van der Waals surface area contributed by atoms with Gasteiger partial charge in [-0.2, -0.15) is 10.4 Å². The lowest BCUT2D eigenvalue weighted by Gasteiger charge is -2.19. The molecule has 4 aromatic rings. The third kappa shape index (κ3) is 2.89. The molecule has 1 aliphatic heterocycles. The minimum Gasteiger partial charge on any atom is -0.312 e. The lowest BCUT2D eigenvalue weighted by molar-refractivity contribution is 0.643. The van der Waals surface area contributed by atoms with E-state index < -0.39 is 0 Å². The Balaban J connectivity index is 1.80. The molecule has 0 unspecified atom stereocenters. The summed E-state index contributed by atoms with van der Waals surface area (Å²) in [6.07, 6.45) is 0.966. The normalized spacial score (nSPS) is 13.2. The second-order valence-corrected chi connectivity index (χ2v) is 7.67. The van der Waals surface area contributed by atoms with Crippen molar-refractivity contribution in [2.24, 2.45) is 0 Å². The molecule has 148 valence electrons. The number of rotatable bonds is 2. The van der Waals surface area contributed by atoms with Crippen molar-refractivity contribution in [3.8, 4) is 17.4 Å². The fourth-order valence-electron chi connectivity index (χ4n) is 3.95. The molecule has 5 rings (SSSR count). The third-order valence-electron chi connectivity index (χ3n) is 5.36. The second kappa shape index (κ2) is 7.10. The van der Waals surface area contributed by atoms with Crippen LogP contribution in [-0.2, 0) is 13.0 Å². The van der Waals surface area contributed by atoms with Gasteiger partial charge in [-0.25, -0.2) is 9.67 Å². The van der Waals surface area contributed by atoms with Gasteiger partial charge in [0, 0.05) is 11.6 Å². The van der Waals surface area contributed by atoms with Crippen molar-refractivity contribution in [1.29, 1.82) is 5.26 Å². The zero-order valence-corrected chi connectivity index (χ0v) is 16.9. The zero-order chi connectivity index (χ0) is 20.8. The van der Waals surface area contributed by atoms with Crippen LogP contribution >= 0.6 is 11.6 Å². The van der Waals surface area contributed by atoms with Crippen LogP contribution in [0.3, 0.4) is 0 Å². The minimum absolute atomic E-state index is 0.104. The fraction of sp³-hybridized carbons (Fsp3) is 0.182. The van der Waals surface area contributed by atoms with E-state index in [2.05, 4.69) is 21.5 Å². The van der Waals surface area contributed by atoms with Crippen molar-refractivity contribution in [3.05, 3.63) is 80.5 Å². The molecule has 2 aromatic carbocycles. The van der Waals surface area contributed by atoms with Crippen LogP contribution in [0.2, 0.25) is 5.02 Å². The predicted octanol–water partition coefficient (Wildman–Crippen LogP) is 3.05. The third-order valence-corrected chi connectivity index (χ3v) is 5.59. The van der Waals surface area contributed by atoms with Crippen LogP contribution in [0.1, 0.15) is 22.6 Å². The Hall–Kier alpha value is -3.47. The molecule has 0 bridgehead atoms. The SMILES string of the molecule is Cc1nc2c(C#N)nn(-c3cccc(Cl)c3)c2c(=O)n1-c1ccc2c(c1)CNCC2. The Morgan fingerprint density at radius 3 is 2.83 bits per heavy atom. The lowest BCUT2D eigenvalue weighted by Crippen LogP contribution is -2.26. The van der Waals surface area contributed by atoms with Gasteiger partial charge in [0.25, 0.3) is 5.56 Å². The Morgan fingerprint density at radius 2 is 2.03 bits per heavy atom. The fourth-order valence-corrected chi connectivity index (χ4v) is 4.14. The minimum atomic E-state index is -0.282. The molecule has 0 spiro atoms. The molecule has 0 fully saturated rings. The molecule has 0 atom stereocenters. The summed E-state index contributed by atoms with van der Waals surface area (Å²) in [5.41, 5.74) is 4.15. The molecule has 1 N–H and O–H groups in total. The van der Waals surface area contributed by atoms with Crippen LogP contribution in [-0.4, -0.2) is 25.9 Å². The summed E-state index contributed by atoms with van der Waals surface area (Å²) in [7, 11) is 0. The molecule has 0 aliphatic carbocycles. The van der Waals surface area contributed by atoms with Gasteiger partial charge in [0.05, 0.1) is 11.4 Å². The highest BCUT2D eigenvalue weighted by Crippen LogP contribution is 2.23. The van der Waals surface area contributed by atoms with E-state index in [4.69, 9.17) is 11.6 Å². The average Bonchev–Trinajstić information content (AvgIpc) is 3.12. The van der Waals surface area contributed by atoms with Crippen molar-refractivity contribution in [1.82, 2.24) is 24.6 Å². The number of nitrogens with one attached hydrogen (secondary N) is 1. The van der Waals surface area contributed by atoms with E-state index in [1.54, 1.807) is 35.8 Å². The maximum atomic E-state index is 13.6. The second-order valence-electron chi connectivity index (χ2n) is 7.23. The topological polar surface area (TPSA) is 88.5 Å². The van der Waals surface area contributed by atoms with Gasteiger partial charge in [0.2, 0.25) is 0 Å². The molecule has 0 amide bonds. The number of hydrogen-bond acceptors (Lipinski definition) is 5. The van der Waals surface area contributed by atoms with Crippen LogP contribution in [0, 0.1) is 18.3 Å². The summed E-state index contributed by atoms with van der Waals surface area (Å²) in [6, 6.07) is 15.1. The molecule has 8 heteroatoms. The maximum Gasteiger partial charge on any atom is 0.284 e. The highest BCUT2D eigenvalue weighted by atomic mass is 35.5. The molecule has 7 nitrogen and oxygen atoms in total. The molecular formula is C22H17ClN6O. The Labute approximate surface area is 177 Å². The van der Waals surface area contributed by atoms with Crippen molar-refractivity contribution in [3.63, 3.8) is 0 Å². The molecule has 0 saturated carbocycles. The van der Waals surface area contributed by atoms with Gasteiger partial charge in [0.15, 0.2) is 11.2 Å². The number of nitriles is 1. The van der Waals surface area contributed by atoms with Crippen molar-refractivity contribution in [2.75, 3.05) is 6.54 Å². The summed E-state index contributed by atoms with van der Waals surface area (Å²) in [5.74, 6) is 0.498. The van der Waals surface area contributed by atoms with E-state index in [-0.39, 0.29) is 22.3 Å². The Bertz CT molecular complexity index is 1410. The van der Waals surface area contributed by atoms with E-state index in [1.807, 2.05) is 18.2 Å². The maximum absolute atomic E-state index is 13.6. The molecule has 2 aromatic heterocycles. The van der Waals surface area contributed by atoms with Gasteiger partial charge in [-0.05, 0) is 61.3 Å². The smallest absolute Gasteiger partial charge is 0.284 e. The van der Waals surface area contributed by atoms with E-state index in [0.717, 1.165) is 25.2 Å². The van der Waals surface area contributed by atoms with Gasteiger partial charge >= 0.3 is 0 Å². The summed E-state index contributed by atoms with van der Waals surface area (Å²) in [5, 5.41) is 17.8. The lowest BCUT2D eigenvalue weighted by atomic mass is 10.0. The largest absolute Gasteiger partial charge is 0.312 e. The first-order chi connectivity index (χ1) is 14.6. The van der Waals surface area contributed by atoms with Crippen molar-refractivity contribution >= 4 is 22.6 Å². The number of halogens is 1. The molecule has 30 heavy (non-hydrogen) atoms. The van der Waals surface area contributed by atoms with Gasteiger partial charge in [-0.3, -0.25) is 9.36 Å².